The van der Waals surface area contributed by atoms with Crippen molar-refractivity contribution in [1.82, 2.24) is 5.32 Å². The third kappa shape index (κ3) is 4.26. The predicted octanol–water partition coefficient (Wildman–Crippen LogP) is 2.17. The van der Waals surface area contributed by atoms with Crippen LogP contribution in [0.15, 0.2) is 12.1 Å². The zero-order valence-electron chi connectivity index (χ0n) is 14.4. The molecule has 1 heterocycles. The maximum atomic E-state index is 12.4. The van der Waals surface area contributed by atoms with Crippen LogP contribution < -0.4 is 10.1 Å². The Morgan fingerprint density at radius 2 is 1.88 bits per heavy atom. The van der Waals surface area contributed by atoms with Gasteiger partial charge < -0.3 is 19.9 Å². The van der Waals surface area contributed by atoms with E-state index in [0.29, 0.717) is 31.6 Å². The molecule has 24 heavy (non-hydrogen) atoms. The summed E-state index contributed by atoms with van der Waals surface area (Å²) in [5.74, 6) is -0.919. The van der Waals surface area contributed by atoms with Gasteiger partial charge in [0.25, 0.3) is 5.91 Å². The van der Waals surface area contributed by atoms with Crippen LogP contribution >= 0.6 is 0 Å². The van der Waals surface area contributed by atoms with E-state index in [2.05, 4.69) is 5.32 Å². The van der Waals surface area contributed by atoms with E-state index in [9.17, 15) is 14.7 Å². The molecule has 2 rings (SSSR count). The van der Waals surface area contributed by atoms with Crippen molar-refractivity contribution < 1.29 is 24.2 Å². The van der Waals surface area contributed by atoms with Crippen LogP contribution in [0.1, 0.15) is 34.3 Å². The molecule has 1 unspecified atom stereocenters. The molecule has 0 radical (unpaired) electrons. The van der Waals surface area contributed by atoms with Gasteiger partial charge in [-0.3, -0.25) is 9.59 Å². The van der Waals surface area contributed by atoms with Crippen LogP contribution in [-0.4, -0.2) is 43.9 Å². The second-order valence-electron chi connectivity index (χ2n) is 6.25. The van der Waals surface area contributed by atoms with Gasteiger partial charge in [-0.25, -0.2) is 0 Å². The number of carboxylic acids is 1. The average molecular weight is 335 g/mol. The molecule has 0 aliphatic carbocycles. The molecular formula is C18H25NO5. The minimum Gasteiger partial charge on any atom is -0.496 e. The molecule has 1 aliphatic rings. The van der Waals surface area contributed by atoms with Crippen molar-refractivity contribution in [3.63, 3.8) is 0 Å². The van der Waals surface area contributed by atoms with Crippen molar-refractivity contribution in [3.05, 3.63) is 28.8 Å². The number of carbonyl (C=O) groups excluding carboxylic acids is 1. The van der Waals surface area contributed by atoms with Gasteiger partial charge in [-0.05, 0) is 55.9 Å². The Morgan fingerprint density at radius 3 is 2.38 bits per heavy atom. The Labute approximate surface area is 142 Å². The quantitative estimate of drug-likeness (QED) is 0.832. The first-order chi connectivity index (χ1) is 11.4. The summed E-state index contributed by atoms with van der Waals surface area (Å²) in [6, 6.07) is 3.51. The molecule has 132 valence electrons. The third-order valence-electron chi connectivity index (χ3n) is 4.56. The van der Waals surface area contributed by atoms with Crippen molar-refractivity contribution in [2.24, 2.45) is 11.8 Å². The molecule has 1 amide bonds. The fraction of sp³-hybridized carbons (Fsp3) is 0.556. The van der Waals surface area contributed by atoms with E-state index < -0.39 is 11.9 Å². The number of aliphatic carboxylic acids is 1. The minimum absolute atomic E-state index is 0.0379. The molecule has 1 aliphatic heterocycles. The summed E-state index contributed by atoms with van der Waals surface area (Å²) in [5, 5.41) is 12.2. The van der Waals surface area contributed by atoms with Crippen LogP contribution in [0.2, 0.25) is 0 Å². The Balaban J connectivity index is 2.04. The number of aryl methyl sites for hydroxylation is 2. The molecule has 2 N–H and O–H groups in total. The summed E-state index contributed by atoms with van der Waals surface area (Å²) in [5.41, 5.74) is 2.27. The number of amides is 1. The third-order valence-corrected chi connectivity index (χ3v) is 4.56. The zero-order valence-corrected chi connectivity index (χ0v) is 14.4. The summed E-state index contributed by atoms with van der Waals surface area (Å²) < 4.78 is 10.6. The molecule has 6 nitrogen and oxygen atoms in total. The first-order valence-electron chi connectivity index (χ1n) is 8.18. The number of hydrogen-bond acceptors (Lipinski definition) is 4. The van der Waals surface area contributed by atoms with Crippen molar-refractivity contribution in [2.45, 2.75) is 26.7 Å². The van der Waals surface area contributed by atoms with E-state index in [1.54, 1.807) is 19.2 Å². The van der Waals surface area contributed by atoms with E-state index in [1.165, 1.54) is 0 Å². The number of nitrogens with one attached hydrogen (secondary N) is 1. The lowest BCUT2D eigenvalue weighted by Gasteiger charge is -2.27. The summed E-state index contributed by atoms with van der Waals surface area (Å²) in [6.07, 6.45) is 1.43. The van der Waals surface area contributed by atoms with Crippen LogP contribution in [0.4, 0.5) is 0 Å². The molecule has 6 heteroatoms. The monoisotopic (exact) mass is 335 g/mol. The molecule has 1 fully saturated rings. The van der Waals surface area contributed by atoms with E-state index in [1.807, 2.05) is 13.8 Å². The average Bonchev–Trinajstić information content (AvgIpc) is 2.55. The van der Waals surface area contributed by atoms with Crippen molar-refractivity contribution >= 4 is 11.9 Å². The van der Waals surface area contributed by atoms with Crippen molar-refractivity contribution in [3.8, 4) is 5.75 Å². The lowest BCUT2D eigenvalue weighted by atomic mass is 9.86. The van der Waals surface area contributed by atoms with Crippen LogP contribution in [0, 0.1) is 25.7 Å². The first kappa shape index (κ1) is 18.3. The maximum Gasteiger partial charge on any atom is 0.308 e. The van der Waals surface area contributed by atoms with Gasteiger partial charge in [-0.1, -0.05) is 0 Å². The van der Waals surface area contributed by atoms with Crippen LogP contribution in [0.5, 0.6) is 5.75 Å². The molecule has 1 atom stereocenters. The first-order valence-corrected chi connectivity index (χ1v) is 8.18. The number of carboxylic acid groups (broad SMARTS) is 1. The van der Waals surface area contributed by atoms with Crippen LogP contribution in [-0.2, 0) is 9.53 Å². The van der Waals surface area contributed by atoms with Gasteiger partial charge in [0, 0.05) is 25.3 Å². The molecule has 0 bridgehead atoms. The Hall–Kier alpha value is -2.08. The van der Waals surface area contributed by atoms with Gasteiger partial charge >= 0.3 is 5.97 Å². The molecule has 1 saturated heterocycles. The van der Waals surface area contributed by atoms with Gasteiger partial charge in [0.2, 0.25) is 0 Å². The van der Waals surface area contributed by atoms with Gasteiger partial charge in [0.05, 0.1) is 13.0 Å². The largest absolute Gasteiger partial charge is 0.496 e. The normalized spacial score (nSPS) is 16.5. The van der Waals surface area contributed by atoms with Gasteiger partial charge in [0.15, 0.2) is 0 Å². The standard InChI is InChI=1S/C18H25NO5/c1-11-8-14(9-12(2)16(11)23-3)17(20)19-10-15(18(21)22)13-4-6-24-7-5-13/h8-9,13,15H,4-7,10H2,1-3H3,(H,19,20)(H,21,22). The lowest BCUT2D eigenvalue weighted by Crippen LogP contribution is -2.39. The molecular weight excluding hydrogens is 310 g/mol. The topological polar surface area (TPSA) is 84.9 Å². The molecule has 0 aromatic heterocycles. The number of benzene rings is 1. The van der Waals surface area contributed by atoms with E-state index in [0.717, 1.165) is 16.9 Å². The van der Waals surface area contributed by atoms with Gasteiger partial charge in [-0.2, -0.15) is 0 Å². The summed E-state index contributed by atoms with van der Waals surface area (Å²) in [6.45, 7) is 5.05. The highest BCUT2D eigenvalue weighted by atomic mass is 16.5. The highest BCUT2D eigenvalue weighted by Crippen LogP contribution is 2.25. The predicted molar refractivity (Wildman–Crippen MR) is 89.5 cm³/mol. The van der Waals surface area contributed by atoms with E-state index in [-0.39, 0.29) is 18.4 Å². The second kappa shape index (κ2) is 8.15. The van der Waals surface area contributed by atoms with E-state index in [4.69, 9.17) is 9.47 Å². The molecule has 0 saturated carbocycles. The fourth-order valence-corrected chi connectivity index (χ4v) is 3.28. The van der Waals surface area contributed by atoms with Crippen LogP contribution in [0.25, 0.3) is 0 Å². The fourth-order valence-electron chi connectivity index (χ4n) is 3.28. The zero-order chi connectivity index (χ0) is 17.7. The number of carbonyl (C=O) groups is 2. The second-order valence-corrected chi connectivity index (χ2v) is 6.25. The Bertz CT molecular complexity index is 584. The minimum atomic E-state index is -0.871. The summed E-state index contributed by atoms with van der Waals surface area (Å²) in [4.78, 5) is 23.9. The highest BCUT2D eigenvalue weighted by molar-refractivity contribution is 5.95. The van der Waals surface area contributed by atoms with Crippen molar-refractivity contribution in [1.29, 1.82) is 0 Å². The molecule has 1 aromatic carbocycles. The summed E-state index contributed by atoms with van der Waals surface area (Å²) >= 11 is 0. The van der Waals surface area contributed by atoms with Gasteiger partial charge in [0.1, 0.15) is 5.75 Å². The smallest absolute Gasteiger partial charge is 0.308 e. The highest BCUT2D eigenvalue weighted by Gasteiger charge is 2.30. The number of rotatable bonds is 6. The lowest BCUT2D eigenvalue weighted by molar-refractivity contribution is -0.144. The summed E-state index contributed by atoms with van der Waals surface area (Å²) in [7, 11) is 1.60. The SMILES string of the molecule is COc1c(C)cc(C(=O)NCC(C(=O)O)C2CCOCC2)cc1C. The van der Waals surface area contributed by atoms with Crippen molar-refractivity contribution in [2.75, 3.05) is 26.9 Å². The van der Waals surface area contributed by atoms with E-state index >= 15 is 0 Å². The van der Waals surface area contributed by atoms with Gasteiger partial charge in [-0.15, -0.1) is 0 Å². The molecule has 1 aromatic rings. The maximum absolute atomic E-state index is 12.4. The number of ether oxygens (including phenoxy) is 2. The van der Waals surface area contributed by atoms with Crippen LogP contribution in [0.3, 0.4) is 0 Å². The number of hydrogen-bond donors (Lipinski definition) is 2. The molecule has 0 spiro atoms. The Kier molecular flexibility index (Phi) is 6.20. The Morgan fingerprint density at radius 1 is 1.29 bits per heavy atom. The number of methoxy groups -OCH3 is 1.